The van der Waals surface area contributed by atoms with Crippen molar-refractivity contribution in [1.29, 1.82) is 0 Å². The number of furan rings is 1. The minimum Gasteiger partial charge on any atom is -0.497 e. The summed E-state index contributed by atoms with van der Waals surface area (Å²) >= 11 is 0. The zero-order chi connectivity index (χ0) is 17.5. The van der Waals surface area contributed by atoms with E-state index in [2.05, 4.69) is 21.9 Å². The molecular weight excluding hydrogens is 391 g/mol. The highest BCUT2D eigenvalue weighted by Crippen LogP contribution is 2.22. The molecule has 0 radical (unpaired) electrons. The molecule has 0 aliphatic carbocycles. The van der Waals surface area contributed by atoms with E-state index in [0.717, 1.165) is 44.9 Å². The number of anilines is 1. The van der Waals surface area contributed by atoms with E-state index in [1.54, 1.807) is 19.2 Å². The van der Waals surface area contributed by atoms with Crippen LogP contribution in [-0.4, -0.2) is 57.3 Å². The van der Waals surface area contributed by atoms with Gasteiger partial charge in [0.25, 0.3) is 0 Å². The first-order valence-corrected chi connectivity index (χ1v) is 8.58. The molecule has 0 saturated carbocycles. The Morgan fingerprint density at radius 1 is 1.11 bits per heavy atom. The number of methoxy groups -OCH3 is 1. The molecule has 0 atom stereocenters. The molecular formula is C19H26Cl2N2O4. The molecule has 6 nitrogen and oxygen atoms in total. The molecule has 1 aliphatic rings. The van der Waals surface area contributed by atoms with Gasteiger partial charge < -0.3 is 18.8 Å². The van der Waals surface area contributed by atoms with Crippen LogP contribution in [0.5, 0.6) is 5.75 Å². The van der Waals surface area contributed by atoms with Crippen molar-refractivity contribution in [2.24, 2.45) is 0 Å². The fraction of sp³-hybridized carbons (Fsp3) is 0.421. The Hall–Kier alpha value is -1.89. The summed E-state index contributed by atoms with van der Waals surface area (Å²) < 4.78 is 15.5. The average Bonchev–Trinajstić information content (AvgIpc) is 3.20. The molecule has 1 aromatic heterocycles. The molecule has 2 heterocycles. The summed E-state index contributed by atoms with van der Waals surface area (Å²) in [4.78, 5) is 16.4. The number of hydrogen-bond acceptors (Lipinski definition) is 6. The Kier molecular flexibility index (Phi) is 10.1. The molecule has 1 saturated heterocycles. The van der Waals surface area contributed by atoms with Gasteiger partial charge in [0.15, 0.2) is 0 Å². The number of carbonyl (C=O) groups is 1. The second-order valence-electron chi connectivity index (χ2n) is 6.00. The van der Waals surface area contributed by atoms with Crippen LogP contribution in [0.15, 0.2) is 47.1 Å². The summed E-state index contributed by atoms with van der Waals surface area (Å²) in [5, 5.41) is 0. The number of ether oxygens (including phenoxy) is 2. The Bertz CT molecular complexity index is 674. The highest BCUT2D eigenvalue weighted by atomic mass is 35.5. The summed E-state index contributed by atoms with van der Waals surface area (Å²) in [5.74, 6) is 0.748. The Morgan fingerprint density at radius 3 is 2.56 bits per heavy atom. The molecule has 150 valence electrons. The van der Waals surface area contributed by atoms with Crippen molar-refractivity contribution < 1.29 is 18.7 Å². The fourth-order valence-corrected chi connectivity index (χ4v) is 2.96. The molecule has 0 spiro atoms. The quantitative estimate of drug-likeness (QED) is 0.508. The van der Waals surface area contributed by atoms with Crippen LogP contribution in [0, 0.1) is 0 Å². The van der Waals surface area contributed by atoms with Crippen molar-refractivity contribution >= 4 is 36.5 Å². The van der Waals surface area contributed by atoms with Gasteiger partial charge in [-0.05, 0) is 30.7 Å². The molecule has 0 amide bonds. The number of hydrogen-bond donors (Lipinski definition) is 0. The Balaban J connectivity index is 0.00000182. The summed E-state index contributed by atoms with van der Waals surface area (Å²) in [6.07, 6.45) is 2.30. The van der Waals surface area contributed by atoms with E-state index >= 15 is 0 Å². The van der Waals surface area contributed by atoms with Gasteiger partial charge in [-0.2, -0.15) is 0 Å². The number of nitrogens with zero attached hydrogens (tertiary/aromatic N) is 2. The van der Waals surface area contributed by atoms with Crippen LogP contribution in [0.4, 0.5) is 5.69 Å². The van der Waals surface area contributed by atoms with Gasteiger partial charge in [-0.1, -0.05) is 6.07 Å². The summed E-state index contributed by atoms with van der Waals surface area (Å²) in [6.45, 7) is 5.32. The lowest BCUT2D eigenvalue weighted by Gasteiger charge is -2.36. The lowest BCUT2D eigenvalue weighted by Crippen LogP contribution is -2.46. The van der Waals surface area contributed by atoms with E-state index < -0.39 is 5.97 Å². The molecule has 0 bridgehead atoms. The lowest BCUT2D eigenvalue weighted by atomic mass is 10.2. The minimum atomic E-state index is -0.396. The van der Waals surface area contributed by atoms with Crippen molar-refractivity contribution in [3.8, 4) is 5.75 Å². The maximum Gasteiger partial charge on any atom is 0.374 e. The predicted octanol–water partition coefficient (Wildman–Crippen LogP) is 3.50. The highest BCUT2D eigenvalue weighted by Gasteiger charge is 2.17. The van der Waals surface area contributed by atoms with E-state index in [1.807, 2.05) is 12.1 Å². The number of benzene rings is 1. The van der Waals surface area contributed by atoms with Crippen LogP contribution in [0.3, 0.4) is 0 Å². The fourth-order valence-electron chi connectivity index (χ4n) is 2.96. The average molecular weight is 417 g/mol. The van der Waals surface area contributed by atoms with Gasteiger partial charge in [0.05, 0.1) is 20.0 Å². The van der Waals surface area contributed by atoms with Crippen LogP contribution < -0.4 is 9.64 Å². The number of halogens is 2. The maximum absolute atomic E-state index is 11.7. The topological polar surface area (TPSA) is 55.2 Å². The first-order chi connectivity index (χ1) is 12.3. The first-order valence-electron chi connectivity index (χ1n) is 8.58. The van der Waals surface area contributed by atoms with Crippen molar-refractivity contribution in [2.45, 2.75) is 6.42 Å². The van der Waals surface area contributed by atoms with Crippen molar-refractivity contribution in [1.82, 2.24) is 4.90 Å². The van der Waals surface area contributed by atoms with E-state index in [1.165, 1.54) is 12.0 Å². The van der Waals surface area contributed by atoms with Gasteiger partial charge in [0, 0.05) is 44.5 Å². The van der Waals surface area contributed by atoms with Gasteiger partial charge in [-0.15, -0.1) is 24.8 Å². The molecule has 1 aliphatic heterocycles. The van der Waals surface area contributed by atoms with E-state index in [4.69, 9.17) is 13.9 Å². The number of piperazine rings is 1. The maximum atomic E-state index is 11.7. The van der Waals surface area contributed by atoms with Crippen LogP contribution in [0.25, 0.3) is 0 Å². The van der Waals surface area contributed by atoms with E-state index in [0.29, 0.717) is 6.61 Å². The standard InChI is InChI=1S/C19H24N2O4.2ClH/c1-23-17-6-2-5-16(15-17)21-11-9-20(10-12-21)8-4-14-25-19(22)18-7-3-13-24-18;;/h2-3,5-7,13,15H,4,8-12,14H2,1H3;2*1H. The third-order valence-corrected chi connectivity index (χ3v) is 4.36. The minimum absolute atomic E-state index is 0. The third-order valence-electron chi connectivity index (χ3n) is 4.36. The number of carbonyl (C=O) groups excluding carboxylic acids is 1. The molecule has 1 fully saturated rings. The number of esters is 1. The van der Waals surface area contributed by atoms with Crippen molar-refractivity contribution in [2.75, 3.05) is 51.3 Å². The second-order valence-corrected chi connectivity index (χ2v) is 6.00. The first kappa shape index (κ1) is 23.1. The van der Waals surface area contributed by atoms with Gasteiger partial charge in [0.2, 0.25) is 5.76 Å². The highest BCUT2D eigenvalue weighted by molar-refractivity contribution is 5.86. The molecule has 27 heavy (non-hydrogen) atoms. The zero-order valence-corrected chi connectivity index (χ0v) is 17.0. The molecule has 1 aromatic carbocycles. The smallest absolute Gasteiger partial charge is 0.374 e. The Morgan fingerprint density at radius 2 is 1.89 bits per heavy atom. The molecule has 0 unspecified atom stereocenters. The lowest BCUT2D eigenvalue weighted by molar-refractivity contribution is 0.0451. The van der Waals surface area contributed by atoms with Crippen LogP contribution >= 0.6 is 24.8 Å². The van der Waals surface area contributed by atoms with Crippen molar-refractivity contribution in [3.63, 3.8) is 0 Å². The zero-order valence-electron chi connectivity index (χ0n) is 15.3. The number of rotatable bonds is 7. The molecule has 0 N–H and O–H groups in total. The Labute approximate surface area is 172 Å². The molecule has 8 heteroatoms. The summed E-state index contributed by atoms with van der Waals surface area (Å²) in [7, 11) is 1.69. The van der Waals surface area contributed by atoms with E-state index in [-0.39, 0.29) is 30.6 Å². The SMILES string of the molecule is COc1cccc(N2CCN(CCCOC(=O)c3ccco3)CC2)c1.Cl.Cl. The third kappa shape index (κ3) is 6.65. The van der Waals surface area contributed by atoms with Gasteiger partial charge in [0.1, 0.15) is 5.75 Å². The monoisotopic (exact) mass is 416 g/mol. The predicted molar refractivity (Wildman–Crippen MR) is 110 cm³/mol. The van der Waals surface area contributed by atoms with Gasteiger partial charge >= 0.3 is 5.97 Å². The second kappa shape index (κ2) is 11.7. The van der Waals surface area contributed by atoms with Crippen LogP contribution in [0.1, 0.15) is 17.0 Å². The summed E-state index contributed by atoms with van der Waals surface area (Å²) in [6, 6.07) is 11.5. The van der Waals surface area contributed by atoms with Crippen LogP contribution in [-0.2, 0) is 4.74 Å². The van der Waals surface area contributed by atoms with E-state index in [9.17, 15) is 4.79 Å². The summed E-state index contributed by atoms with van der Waals surface area (Å²) in [5.41, 5.74) is 1.20. The normalized spacial score (nSPS) is 14.0. The molecule has 2 aromatic rings. The van der Waals surface area contributed by atoms with Gasteiger partial charge in [-0.3, -0.25) is 4.90 Å². The van der Waals surface area contributed by atoms with Crippen LogP contribution in [0.2, 0.25) is 0 Å². The van der Waals surface area contributed by atoms with Gasteiger partial charge in [-0.25, -0.2) is 4.79 Å². The largest absolute Gasteiger partial charge is 0.497 e. The van der Waals surface area contributed by atoms with Crippen molar-refractivity contribution in [3.05, 3.63) is 48.4 Å². The molecule has 3 rings (SSSR count).